The molecule has 3 rings (SSSR count). The third-order valence-electron chi connectivity index (χ3n) is 6.10. The largest absolute Gasteiger partial charge is 0.505 e. The van der Waals surface area contributed by atoms with Gasteiger partial charge in [-0.25, -0.2) is 18.0 Å². The highest BCUT2D eigenvalue weighted by atomic mass is 19.2. The van der Waals surface area contributed by atoms with Gasteiger partial charge in [0, 0.05) is 22.7 Å². The molecule has 3 N–H and O–H groups in total. The van der Waals surface area contributed by atoms with Gasteiger partial charge in [0.15, 0.2) is 23.2 Å². The lowest BCUT2D eigenvalue weighted by atomic mass is 9.93. The van der Waals surface area contributed by atoms with Gasteiger partial charge in [0.2, 0.25) is 5.91 Å². The van der Waals surface area contributed by atoms with Gasteiger partial charge >= 0.3 is 5.97 Å². The van der Waals surface area contributed by atoms with E-state index >= 15 is 0 Å². The summed E-state index contributed by atoms with van der Waals surface area (Å²) in [6.07, 6.45) is 0.0994. The molecule has 0 aliphatic rings. The molecule has 0 fully saturated rings. The number of benzene rings is 2. The van der Waals surface area contributed by atoms with Crippen molar-refractivity contribution in [1.82, 2.24) is 9.88 Å². The van der Waals surface area contributed by atoms with E-state index in [-0.39, 0.29) is 34.1 Å². The Morgan fingerprint density at radius 3 is 2.29 bits per heavy atom. The first-order chi connectivity index (χ1) is 15.8. The zero-order valence-electron chi connectivity index (χ0n) is 18.9. The third-order valence-corrected chi connectivity index (χ3v) is 6.10. The fourth-order valence-corrected chi connectivity index (χ4v) is 3.82. The number of carboxylic acid groups (broad SMARTS) is 1. The number of nitrogens with zero attached hydrogens (tertiary/aromatic N) is 1. The Balaban J connectivity index is 2.20. The van der Waals surface area contributed by atoms with Crippen LogP contribution >= 0.6 is 0 Å². The number of carbonyl (C=O) groups is 3. The van der Waals surface area contributed by atoms with Crippen LogP contribution in [0.2, 0.25) is 0 Å². The number of amides is 1. The lowest BCUT2D eigenvalue weighted by Crippen LogP contribution is -2.52. The number of hydrogen-bond donors (Lipinski definition) is 3. The predicted octanol–water partition coefficient (Wildman–Crippen LogP) is 4.23. The molecule has 0 saturated carbocycles. The molecule has 1 heterocycles. The number of carboxylic acids is 1. The van der Waals surface area contributed by atoms with Crippen LogP contribution in [-0.4, -0.2) is 38.1 Å². The minimum absolute atomic E-state index is 0.00586. The summed E-state index contributed by atoms with van der Waals surface area (Å²) in [6.45, 7) is 5.89. The fourth-order valence-electron chi connectivity index (χ4n) is 3.82. The summed E-state index contributed by atoms with van der Waals surface area (Å²) in [5.74, 6) is -7.87. The van der Waals surface area contributed by atoms with Gasteiger partial charge in [0.1, 0.15) is 5.54 Å². The van der Waals surface area contributed by atoms with Crippen molar-refractivity contribution >= 4 is 28.7 Å². The van der Waals surface area contributed by atoms with Crippen LogP contribution in [-0.2, 0) is 9.59 Å². The van der Waals surface area contributed by atoms with E-state index < -0.39 is 52.4 Å². The molecule has 1 amide bonds. The van der Waals surface area contributed by atoms with Gasteiger partial charge in [-0.3, -0.25) is 14.2 Å². The number of carbonyl (C=O) groups excluding carboxylic acids is 2. The van der Waals surface area contributed by atoms with Gasteiger partial charge in [0.05, 0.1) is 11.4 Å². The van der Waals surface area contributed by atoms with Crippen LogP contribution in [0.25, 0.3) is 10.9 Å². The smallest absolute Gasteiger partial charge is 0.329 e. The highest BCUT2D eigenvalue weighted by Gasteiger charge is 2.36. The lowest BCUT2D eigenvalue weighted by molar-refractivity contribution is -0.147. The van der Waals surface area contributed by atoms with Crippen molar-refractivity contribution in [3.8, 4) is 5.75 Å². The molecule has 0 radical (unpaired) electrons. The summed E-state index contributed by atoms with van der Waals surface area (Å²) >= 11 is 0. The number of rotatable bonds is 6. The van der Waals surface area contributed by atoms with Crippen molar-refractivity contribution in [1.29, 1.82) is 0 Å². The van der Waals surface area contributed by atoms with E-state index in [0.717, 1.165) is 28.8 Å². The van der Waals surface area contributed by atoms with E-state index in [2.05, 4.69) is 5.32 Å². The summed E-state index contributed by atoms with van der Waals surface area (Å²) in [5, 5.41) is 22.1. The van der Waals surface area contributed by atoms with Gasteiger partial charge in [-0.2, -0.15) is 0 Å². The maximum Gasteiger partial charge on any atom is 0.329 e. The molecule has 0 bridgehead atoms. The van der Waals surface area contributed by atoms with Gasteiger partial charge < -0.3 is 15.5 Å². The number of hydrogen-bond acceptors (Lipinski definition) is 4. The molecule has 10 heteroatoms. The van der Waals surface area contributed by atoms with Crippen LogP contribution in [0.3, 0.4) is 0 Å². The monoisotopic (exact) mass is 476 g/mol. The van der Waals surface area contributed by atoms with Crippen molar-refractivity contribution in [2.45, 2.75) is 45.6 Å². The normalized spacial score (nSPS) is 14.0. The highest BCUT2D eigenvalue weighted by molar-refractivity contribution is 6.06. The minimum atomic E-state index is -1.55. The number of nitrogens with one attached hydrogen (secondary N) is 1. The van der Waals surface area contributed by atoms with Crippen LogP contribution in [0.5, 0.6) is 5.75 Å². The first kappa shape index (κ1) is 24.8. The maximum absolute atomic E-state index is 14.2. The topological polar surface area (TPSA) is 109 Å². The number of halogens is 3. The Bertz CT molecular complexity index is 1330. The fraction of sp³-hybridized carbons (Fsp3) is 0.292. The van der Waals surface area contributed by atoms with Crippen molar-refractivity contribution in [2.24, 2.45) is 0 Å². The summed E-state index contributed by atoms with van der Waals surface area (Å²) < 4.78 is 42.4. The van der Waals surface area contributed by atoms with Crippen LogP contribution in [0.1, 0.15) is 54.7 Å². The van der Waals surface area contributed by atoms with Crippen molar-refractivity contribution in [2.75, 3.05) is 0 Å². The maximum atomic E-state index is 14.2. The Labute approximate surface area is 192 Å². The van der Waals surface area contributed by atoms with E-state index in [4.69, 9.17) is 0 Å². The molecule has 2 atom stereocenters. The Kier molecular flexibility index (Phi) is 6.46. The summed E-state index contributed by atoms with van der Waals surface area (Å²) in [5.41, 5.74) is -1.35. The standard InChI is InChI=1S/C24H23F3N2O5/c1-5-24(4,23(33)34)28-21(31)11(2)20-12(3)29(18-10-17(27)19(30)9-14(18)20)22(32)13-6-7-15(25)16(26)8-13/h6-11,30H,5H2,1-4H3,(H,28,31)(H,33,34)/t11-,24?/m1/s1. The predicted molar refractivity (Wildman–Crippen MR) is 117 cm³/mol. The second-order valence-electron chi connectivity index (χ2n) is 8.29. The second-order valence-corrected chi connectivity index (χ2v) is 8.29. The molecule has 34 heavy (non-hydrogen) atoms. The van der Waals surface area contributed by atoms with Crippen LogP contribution in [0, 0.1) is 24.4 Å². The molecule has 0 spiro atoms. The molecule has 2 aromatic carbocycles. The zero-order chi connectivity index (χ0) is 25.5. The van der Waals surface area contributed by atoms with Crippen molar-refractivity contribution < 1.29 is 37.8 Å². The van der Waals surface area contributed by atoms with Gasteiger partial charge in [-0.05, 0) is 57.0 Å². The van der Waals surface area contributed by atoms with Crippen molar-refractivity contribution in [3.63, 3.8) is 0 Å². The molecule has 0 aliphatic carbocycles. The molecule has 0 saturated heterocycles. The Hall–Kier alpha value is -3.82. The van der Waals surface area contributed by atoms with E-state index in [0.29, 0.717) is 6.07 Å². The highest BCUT2D eigenvalue weighted by Crippen LogP contribution is 2.36. The van der Waals surface area contributed by atoms with E-state index in [1.165, 1.54) is 20.8 Å². The number of aliphatic carboxylic acids is 1. The lowest BCUT2D eigenvalue weighted by Gasteiger charge is -2.26. The van der Waals surface area contributed by atoms with Crippen LogP contribution in [0.4, 0.5) is 13.2 Å². The number of fused-ring (bicyclic) bond motifs is 1. The summed E-state index contributed by atoms with van der Waals surface area (Å²) in [7, 11) is 0. The summed E-state index contributed by atoms with van der Waals surface area (Å²) in [6, 6.07) is 4.51. The van der Waals surface area contributed by atoms with Gasteiger partial charge in [0.25, 0.3) is 5.91 Å². The molecular formula is C24H23F3N2O5. The summed E-state index contributed by atoms with van der Waals surface area (Å²) in [4.78, 5) is 37.8. The second kappa shape index (κ2) is 8.85. The van der Waals surface area contributed by atoms with Gasteiger partial charge in [-0.1, -0.05) is 6.92 Å². The molecule has 3 aromatic rings. The SMILES string of the molecule is CCC(C)(NC(=O)[C@H](C)c1c(C)n(C(=O)c2ccc(F)c(F)c2)c2cc(F)c(O)cc12)C(=O)O. The number of phenols is 1. The van der Waals surface area contributed by atoms with Gasteiger partial charge in [-0.15, -0.1) is 0 Å². The van der Waals surface area contributed by atoms with Crippen molar-refractivity contribution in [3.05, 3.63) is 64.6 Å². The Morgan fingerprint density at radius 2 is 1.74 bits per heavy atom. The molecular weight excluding hydrogens is 453 g/mol. The van der Waals surface area contributed by atoms with Crippen LogP contribution < -0.4 is 5.32 Å². The van der Waals surface area contributed by atoms with E-state index in [9.17, 15) is 37.8 Å². The number of phenolic OH excluding ortho intramolecular Hbond substituents is 1. The van der Waals surface area contributed by atoms with E-state index in [1.807, 2.05) is 0 Å². The third kappa shape index (κ3) is 4.11. The quantitative estimate of drug-likeness (QED) is 0.493. The minimum Gasteiger partial charge on any atom is -0.505 e. The first-order valence-corrected chi connectivity index (χ1v) is 10.4. The molecule has 180 valence electrons. The average molecular weight is 476 g/mol. The Morgan fingerprint density at radius 1 is 1.09 bits per heavy atom. The number of aromatic hydroxyl groups is 1. The average Bonchev–Trinajstić information content (AvgIpc) is 3.05. The first-order valence-electron chi connectivity index (χ1n) is 10.4. The molecule has 1 aromatic heterocycles. The molecule has 1 unspecified atom stereocenters. The molecule has 7 nitrogen and oxygen atoms in total. The number of aromatic nitrogens is 1. The zero-order valence-corrected chi connectivity index (χ0v) is 18.9. The molecule has 0 aliphatic heterocycles. The van der Waals surface area contributed by atoms with Crippen LogP contribution in [0.15, 0.2) is 30.3 Å². The van der Waals surface area contributed by atoms with E-state index in [1.54, 1.807) is 6.92 Å².